The Morgan fingerprint density at radius 3 is 2.61 bits per heavy atom. The predicted octanol–water partition coefficient (Wildman–Crippen LogP) is 2.69. The topological polar surface area (TPSA) is 84.2 Å². The Morgan fingerprint density at radius 1 is 1.43 bits per heavy atom. The fourth-order valence-corrected chi connectivity index (χ4v) is 2.81. The van der Waals surface area contributed by atoms with Crippen LogP contribution >= 0.6 is 11.3 Å². The quantitative estimate of drug-likeness (QED) is 0.891. The van der Waals surface area contributed by atoms with Crippen molar-refractivity contribution >= 4 is 23.2 Å². The van der Waals surface area contributed by atoms with Gasteiger partial charge < -0.3 is 10.4 Å². The number of aryl methyl sites for hydroxylation is 1. The summed E-state index contributed by atoms with van der Waals surface area (Å²) in [6, 6.07) is 0.239. The van der Waals surface area contributed by atoms with Crippen molar-refractivity contribution < 1.29 is 27.9 Å². The number of carbonyl (C=O) groups excluding carboxylic acids is 1. The van der Waals surface area contributed by atoms with Crippen LogP contribution in [0.1, 0.15) is 44.3 Å². The summed E-state index contributed by atoms with van der Waals surface area (Å²) in [5.41, 5.74) is -0.163. The van der Waals surface area contributed by atoms with Crippen LogP contribution in [0, 0.1) is 0 Å². The number of halogens is 3. The van der Waals surface area contributed by atoms with Crippen LogP contribution in [0.15, 0.2) is 17.6 Å². The first-order chi connectivity index (χ1) is 10.6. The van der Waals surface area contributed by atoms with E-state index >= 15 is 0 Å². The minimum absolute atomic E-state index is 0.171. The summed E-state index contributed by atoms with van der Waals surface area (Å²) < 4.78 is 38.9. The van der Waals surface area contributed by atoms with Crippen LogP contribution < -0.4 is 5.32 Å². The molecule has 0 aliphatic carbocycles. The lowest BCUT2D eigenvalue weighted by molar-refractivity contribution is -0.134. The molecular formula is C13H12F3N3O3S. The highest BCUT2D eigenvalue weighted by molar-refractivity contribution is 7.10. The van der Waals surface area contributed by atoms with Crippen LogP contribution in [0.2, 0.25) is 0 Å². The molecule has 1 atom stereocenters. The van der Waals surface area contributed by atoms with Gasteiger partial charge in [0.05, 0.1) is 12.2 Å². The zero-order chi connectivity index (χ0) is 17.4. The molecule has 23 heavy (non-hydrogen) atoms. The van der Waals surface area contributed by atoms with E-state index in [1.165, 1.54) is 19.4 Å². The Kier molecular flexibility index (Phi) is 4.46. The number of alkyl halides is 3. The van der Waals surface area contributed by atoms with Crippen LogP contribution in [0.5, 0.6) is 0 Å². The summed E-state index contributed by atoms with van der Waals surface area (Å²) in [7, 11) is 1.40. The number of aromatic nitrogens is 2. The first-order valence-electron chi connectivity index (χ1n) is 6.33. The number of nitrogens with zero attached hydrogens (tertiary/aromatic N) is 2. The smallest absolute Gasteiger partial charge is 0.425 e. The minimum atomic E-state index is -4.44. The Morgan fingerprint density at radius 2 is 2.09 bits per heavy atom. The van der Waals surface area contributed by atoms with Crippen molar-refractivity contribution in [1.82, 2.24) is 15.1 Å². The van der Waals surface area contributed by atoms with Crippen molar-refractivity contribution in [1.29, 1.82) is 0 Å². The summed E-state index contributed by atoms with van der Waals surface area (Å²) in [5, 5.41) is 16.5. The average molecular weight is 347 g/mol. The van der Waals surface area contributed by atoms with Gasteiger partial charge in [0, 0.05) is 7.05 Å². The van der Waals surface area contributed by atoms with E-state index in [2.05, 4.69) is 10.4 Å². The lowest BCUT2D eigenvalue weighted by Gasteiger charge is -2.13. The first kappa shape index (κ1) is 17.0. The molecule has 0 bridgehead atoms. The second-order valence-corrected chi connectivity index (χ2v) is 5.68. The van der Waals surface area contributed by atoms with E-state index in [1.807, 2.05) is 0 Å². The van der Waals surface area contributed by atoms with Gasteiger partial charge in [-0.2, -0.15) is 18.3 Å². The predicted molar refractivity (Wildman–Crippen MR) is 75.4 cm³/mol. The maximum Gasteiger partial charge on any atom is 0.425 e. The van der Waals surface area contributed by atoms with Crippen LogP contribution in [-0.4, -0.2) is 26.8 Å². The third-order valence-corrected chi connectivity index (χ3v) is 4.12. The van der Waals surface area contributed by atoms with Crippen molar-refractivity contribution in [2.24, 2.45) is 7.05 Å². The van der Waals surface area contributed by atoms with Gasteiger partial charge in [-0.25, -0.2) is 4.79 Å². The van der Waals surface area contributed by atoms with Gasteiger partial charge in [-0.05, 0) is 23.9 Å². The molecule has 124 valence electrons. The van der Waals surface area contributed by atoms with Gasteiger partial charge >= 0.3 is 12.1 Å². The lowest BCUT2D eigenvalue weighted by Crippen LogP contribution is -2.29. The molecule has 1 amide bonds. The lowest BCUT2D eigenvalue weighted by atomic mass is 10.1. The number of carboxylic acids is 1. The molecule has 0 saturated heterocycles. The summed E-state index contributed by atoms with van der Waals surface area (Å²) >= 11 is 0.533. The first-order valence-corrected chi connectivity index (χ1v) is 7.21. The second-order valence-electron chi connectivity index (χ2n) is 4.77. The van der Waals surface area contributed by atoms with E-state index in [1.54, 1.807) is 0 Å². The molecule has 0 aromatic carbocycles. The fourth-order valence-electron chi connectivity index (χ4n) is 1.94. The molecule has 2 rings (SSSR count). The van der Waals surface area contributed by atoms with Gasteiger partial charge in [-0.3, -0.25) is 9.48 Å². The molecule has 0 aliphatic rings. The van der Waals surface area contributed by atoms with Crippen LogP contribution in [0.3, 0.4) is 0 Å². The molecule has 2 N–H and O–H groups in total. The zero-order valence-corrected chi connectivity index (χ0v) is 12.8. The van der Waals surface area contributed by atoms with Crippen molar-refractivity contribution in [3.63, 3.8) is 0 Å². The molecule has 2 aromatic rings. The molecular weight excluding hydrogens is 335 g/mol. The Bertz CT molecular complexity index is 751. The molecule has 1 unspecified atom stereocenters. The monoisotopic (exact) mass is 347 g/mol. The molecule has 2 heterocycles. The number of hydrogen-bond acceptors (Lipinski definition) is 4. The molecule has 0 aliphatic heterocycles. The second kappa shape index (κ2) is 6.03. The summed E-state index contributed by atoms with van der Waals surface area (Å²) in [6.07, 6.45) is -3.40. The Labute approximate surface area is 132 Å². The number of hydrogen-bond donors (Lipinski definition) is 2. The van der Waals surface area contributed by atoms with Gasteiger partial charge in [-0.1, -0.05) is 0 Å². The maximum absolute atomic E-state index is 12.6. The number of rotatable bonds is 4. The number of nitrogens with one attached hydrogen (secondary N) is 1. The third-order valence-electron chi connectivity index (χ3n) is 3.13. The van der Waals surface area contributed by atoms with Crippen molar-refractivity contribution in [3.8, 4) is 0 Å². The van der Waals surface area contributed by atoms with Gasteiger partial charge in [0.15, 0.2) is 0 Å². The highest BCUT2D eigenvalue weighted by atomic mass is 32.1. The summed E-state index contributed by atoms with van der Waals surface area (Å²) in [6.45, 7) is 1.51. The van der Waals surface area contributed by atoms with Crippen molar-refractivity contribution in [3.05, 3.63) is 39.3 Å². The van der Waals surface area contributed by atoms with E-state index in [0.717, 1.165) is 16.9 Å². The number of amides is 1. The van der Waals surface area contributed by atoms with Gasteiger partial charge in [0.2, 0.25) is 0 Å². The number of carboxylic acid groups (broad SMARTS) is 1. The summed E-state index contributed by atoms with van der Waals surface area (Å²) in [5.74, 6) is -2.04. The number of aromatic carboxylic acids is 1. The van der Waals surface area contributed by atoms with Gasteiger partial charge in [0.25, 0.3) is 5.91 Å². The zero-order valence-electron chi connectivity index (χ0n) is 12.0. The summed E-state index contributed by atoms with van der Waals surface area (Å²) in [4.78, 5) is 22.5. The van der Waals surface area contributed by atoms with E-state index in [-0.39, 0.29) is 16.8 Å². The molecule has 0 fully saturated rings. The highest BCUT2D eigenvalue weighted by Gasteiger charge is 2.33. The van der Waals surface area contributed by atoms with E-state index in [0.29, 0.717) is 11.3 Å². The van der Waals surface area contributed by atoms with E-state index < -0.39 is 29.0 Å². The van der Waals surface area contributed by atoms with Crippen molar-refractivity contribution in [2.45, 2.75) is 19.1 Å². The molecule has 10 heteroatoms. The fraction of sp³-hybridized carbons (Fsp3) is 0.308. The molecule has 6 nitrogen and oxygen atoms in total. The molecule has 0 radical (unpaired) electrons. The molecule has 0 saturated carbocycles. The standard InChI is InChI=1S/C13H12F3N3O3S/c1-6(7-3-9(23-5-7)13(14,15)16)18-11(20)10-8(12(21)22)4-17-19(10)2/h3-6H,1-2H3,(H,18,20)(H,21,22). The van der Waals surface area contributed by atoms with Crippen LogP contribution in [0.25, 0.3) is 0 Å². The SMILES string of the molecule is CC(NC(=O)c1c(C(=O)O)cnn1C)c1csc(C(F)(F)F)c1. The number of carbonyl (C=O) groups is 2. The minimum Gasteiger partial charge on any atom is -0.478 e. The van der Waals surface area contributed by atoms with Gasteiger partial charge in [0.1, 0.15) is 16.1 Å². The van der Waals surface area contributed by atoms with E-state index in [9.17, 15) is 22.8 Å². The largest absolute Gasteiger partial charge is 0.478 e. The molecule has 0 spiro atoms. The van der Waals surface area contributed by atoms with Gasteiger partial charge in [-0.15, -0.1) is 11.3 Å². The third kappa shape index (κ3) is 3.52. The number of thiophene rings is 1. The normalized spacial score (nSPS) is 12.9. The van der Waals surface area contributed by atoms with E-state index in [4.69, 9.17) is 5.11 Å². The average Bonchev–Trinajstić information content (AvgIpc) is 3.03. The van der Waals surface area contributed by atoms with Crippen LogP contribution in [0.4, 0.5) is 13.2 Å². The Hall–Kier alpha value is -2.36. The molecule has 2 aromatic heterocycles. The maximum atomic E-state index is 12.6. The Balaban J connectivity index is 2.19. The van der Waals surface area contributed by atoms with Crippen LogP contribution in [-0.2, 0) is 13.2 Å². The highest BCUT2D eigenvalue weighted by Crippen LogP contribution is 2.35. The van der Waals surface area contributed by atoms with Crippen molar-refractivity contribution in [2.75, 3.05) is 0 Å².